The largest absolute Gasteiger partial charge is 1.00 e. The SMILES string of the molecule is CCN1CCOCC1.[K+].[O-]C1CCC(O)CC1. The van der Waals surface area contributed by atoms with E-state index < -0.39 is 6.10 Å². The first-order valence-corrected chi connectivity index (χ1v) is 6.36. The molecule has 1 N–H and O–H groups in total. The fourth-order valence-electron chi connectivity index (χ4n) is 1.96. The van der Waals surface area contributed by atoms with Crippen LogP contribution in [-0.2, 0) is 4.74 Å². The molecule has 1 saturated carbocycles. The van der Waals surface area contributed by atoms with Crippen molar-refractivity contribution in [1.82, 2.24) is 4.90 Å². The summed E-state index contributed by atoms with van der Waals surface area (Å²) in [6.07, 6.45) is 2.20. The van der Waals surface area contributed by atoms with Gasteiger partial charge in [0.1, 0.15) is 0 Å². The molecule has 2 aliphatic rings. The van der Waals surface area contributed by atoms with Crippen LogP contribution in [0.25, 0.3) is 0 Å². The Kier molecular flexibility index (Phi) is 12.3. The van der Waals surface area contributed by atoms with E-state index >= 15 is 0 Å². The maximum atomic E-state index is 10.6. The van der Waals surface area contributed by atoms with Crippen LogP contribution in [0.1, 0.15) is 32.6 Å². The standard InChI is InChI=1S/C6H13NO.C6H11O2.K/c1-2-7-3-5-8-6-4-7;7-5-1-2-6(8)4-3-5;/h2-6H2,1H3;5-7H,1-4H2;/q;-1;+1. The fraction of sp³-hybridized carbons (Fsp3) is 1.00. The molecular weight excluding hydrogens is 245 g/mol. The first-order chi connectivity index (χ1) is 7.72. The summed E-state index contributed by atoms with van der Waals surface area (Å²) >= 11 is 0. The summed E-state index contributed by atoms with van der Waals surface area (Å²) in [7, 11) is 0. The summed E-state index contributed by atoms with van der Waals surface area (Å²) in [6, 6.07) is 0. The monoisotopic (exact) mass is 269 g/mol. The molecule has 0 aromatic carbocycles. The molecule has 0 amide bonds. The minimum atomic E-state index is -0.390. The van der Waals surface area contributed by atoms with Crippen LogP contribution in [0.5, 0.6) is 0 Å². The zero-order valence-electron chi connectivity index (χ0n) is 11.2. The van der Waals surface area contributed by atoms with Crippen LogP contribution in [0.15, 0.2) is 0 Å². The number of hydrogen-bond donors (Lipinski definition) is 1. The Labute approximate surface area is 147 Å². The quantitative estimate of drug-likeness (QED) is 0.515. The van der Waals surface area contributed by atoms with E-state index in [0.717, 1.165) is 26.3 Å². The third kappa shape index (κ3) is 9.08. The maximum absolute atomic E-state index is 10.6. The van der Waals surface area contributed by atoms with Crippen molar-refractivity contribution < 1.29 is 66.3 Å². The minimum Gasteiger partial charge on any atom is -0.852 e. The zero-order valence-corrected chi connectivity index (χ0v) is 14.4. The average Bonchev–Trinajstić information content (AvgIpc) is 2.35. The van der Waals surface area contributed by atoms with E-state index in [1.165, 1.54) is 6.54 Å². The van der Waals surface area contributed by atoms with Crippen molar-refractivity contribution in [2.24, 2.45) is 0 Å². The number of likely N-dealkylation sites (N-methyl/N-ethyl adjacent to an activating group) is 1. The van der Waals surface area contributed by atoms with Crippen molar-refractivity contribution in [2.45, 2.75) is 44.8 Å². The molecule has 0 spiro atoms. The van der Waals surface area contributed by atoms with E-state index in [0.29, 0.717) is 25.7 Å². The van der Waals surface area contributed by atoms with Gasteiger partial charge in [0.15, 0.2) is 0 Å². The van der Waals surface area contributed by atoms with Gasteiger partial charge in [-0.05, 0) is 19.4 Å². The number of hydrogen-bond acceptors (Lipinski definition) is 4. The number of nitrogens with zero attached hydrogens (tertiary/aromatic N) is 1. The van der Waals surface area contributed by atoms with Crippen molar-refractivity contribution in [1.29, 1.82) is 0 Å². The molecule has 0 bridgehead atoms. The summed E-state index contributed by atoms with van der Waals surface area (Å²) in [5, 5.41) is 19.5. The molecule has 0 aromatic rings. The van der Waals surface area contributed by atoms with Gasteiger partial charge in [-0.1, -0.05) is 19.8 Å². The molecule has 0 unspecified atom stereocenters. The van der Waals surface area contributed by atoms with Crippen LogP contribution in [-0.4, -0.2) is 55.1 Å². The average molecular weight is 269 g/mol. The second-order valence-electron chi connectivity index (χ2n) is 4.48. The number of aliphatic hydroxyl groups excluding tert-OH is 1. The Hall–Kier alpha value is 1.48. The molecule has 1 saturated heterocycles. The van der Waals surface area contributed by atoms with E-state index in [1.807, 2.05) is 0 Å². The van der Waals surface area contributed by atoms with Crippen LogP contribution in [0.3, 0.4) is 0 Å². The van der Waals surface area contributed by atoms with Crippen molar-refractivity contribution in [3.63, 3.8) is 0 Å². The van der Waals surface area contributed by atoms with Gasteiger partial charge in [0, 0.05) is 13.1 Å². The molecule has 0 aromatic heterocycles. The number of morpholine rings is 1. The van der Waals surface area contributed by atoms with Gasteiger partial charge < -0.3 is 14.9 Å². The summed E-state index contributed by atoms with van der Waals surface area (Å²) in [6.45, 7) is 7.45. The van der Waals surface area contributed by atoms with E-state index in [2.05, 4.69) is 11.8 Å². The maximum Gasteiger partial charge on any atom is 1.00 e. The van der Waals surface area contributed by atoms with Crippen LogP contribution >= 0.6 is 0 Å². The molecule has 1 aliphatic carbocycles. The predicted octanol–water partition coefficient (Wildman–Crippen LogP) is -3.01. The van der Waals surface area contributed by atoms with Gasteiger partial charge in [0.05, 0.1) is 19.3 Å². The van der Waals surface area contributed by atoms with Gasteiger partial charge in [-0.3, -0.25) is 4.90 Å². The predicted molar refractivity (Wildman–Crippen MR) is 61.2 cm³/mol. The van der Waals surface area contributed by atoms with E-state index in [9.17, 15) is 5.11 Å². The summed E-state index contributed by atoms with van der Waals surface area (Å²) in [5.41, 5.74) is 0. The van der Waals surface area contributed by atoms with Crippen molar-refractivity contribution in [3.8, 4) is 0 Å². The van der Waals surface area contributed by atoms with Crippen LogP contribution in [0.4, 0.5) is 0 Å². The summed E-state index contributed by atoms with van der Waals surface area (Å²) in [5.74, 6) is 0. The first kappa shape index (κ1) is 18.5. The smallest absolute Gasteiger partial charge is 0.852 e. The van der Waals surface area contributed by atoms with Crippen molar-refractivity contribution in [2.75, 3.05) is 32.8 Å². The number of rotatable bonds is 1. The van der Waals surface area contributed by atoms with E-state index in [1.54, 1.807) is 0 Å². The molecule has 1 aliphatic heterocycles. The van der Waals surface area contributed by atoms with Crippen LogP contribution < -0.4 is 56.5 Å². The Morgan fingerprint density at radius 3 is 2.06 bits per heavy atom. The van der Waals surface area contributed by atoms with Gasteiger partial charge in [0.25, 0.3) is 0 Å². The normalized spacial score (nSPS) is 29.8. The topological polar surface area (TPSA) is 55.8 Å². The van der Waals surface area contributed by atoms with E-state index in [4.69, 9.17) is 9.84 Å². The molecule has 2 fully saturated rings. The molecule has 2 rings (SSSR count). The zero-order chi connectivity index (χ0) is 11.8. The molecule has 0 atom stereocenters. The number of aliphatic hydroxyl groups is 1. The first-order valence-electron chi connectivity index (χ1n) is 6.36. The molecule has 17 heavy (non-hydrogen) atoms. The van der Waals surface area contributed by atoms with Crippen molar-refractivity contribution >= 4 is 0 Å². The van der Waals surface area contributed by atoms with Gasteiger partial charge in [-0.2, -0.15) is 0 Å². The number of ether oxygens (including phenoxy) is 1. The van der Waals surface area contributed by atoms with Crippen LogP contribution in [0, 0.1) is 0 Å². The Balaban J connectivity index is 0.000000284. The summed E-state index contributed by atoms with van der Waals surface area (Å²) in [4.78, 5) is 2.39. The second kappa shape index (κ2) is 11.3. The molecule has 4 nitrogen and oxygen atoms in total. The summed E-state index contributed by atoms with van der Waals surface area (Å²) < 4.78 is 5.16. The van der Waals surface area contributed by atoms with Crippen LogP contribution in [0.2, 0.25) is 0 Å². The molecule has 0 radical (unpaired) electrons. The molecular formula is C12H24KNO3. The third-order valence-corrected chi connectivity index (χ3v) is 3.19. The van der Waals surface area contributed by atoms with Gasteiger partial charge in [0.2, 0.25) is 0 Å². The van der Waals surface area contributed by atoms with Gasteiger partial charge >= 0.3 is 51.4 Å². The second-order valence-corrected chi connectivity index (χ2v) is 4.48. The molecule has 1 heterocycles. The Bertz CT molecular complexity index is 159. The van der Waals surface area contributed by atoms with E-state index in [-0.39, 0.29) is 57.5 Å². The minimum absolute atomic E-state index is 0. The Morgan fingerprint density at radius 2 is 1.71 bits per heavy atom. The molecule has 5 heteroatoms. The fourth-order valence-corrected chi connectivity index (χ4v) is 1.96. The van der Waals surface area contributed by atoms with Gasteiger partial charge in [-0.15, -0.1) is 6.10 Å². The third-order valence-electron chi connectivity index (χ3n) is 3.19. The molecule has 96 valence electrons. The van der Waals surface area contributed by atoms with Crippen molar-refractivity contribution in [3.05, 3.63) is 0 Å². The Morgan fingerprint density at radius 1 is 1.18 bits per heavy atom. The van der Waals surface area contributed by atoms with Gasteiger partial charge in [-0.25, -0.2) is 0 Å².